The van der Waals surface area contributed by atoms with Gasteiger partial charge in [0.05, 0.1) is 0 Å². The molecule has 0 amide bonds. The minimum atomic E-state index is 0.681. The summed E-state index contributed by atoms with van der Waals surface area (Å²) < 4.78 is 3.76. The van der Waals surface area contributed by atoms with E-state index in [4.69, 9.17) is 6.58 Å². The van der Waals surface area contributed by atoms with Crippen molar-refractivity contribution in [3.63, 3.8) is 0 Å². The molecule has 2 nitrogen and oxygen atoms in total. The van der Waals surface area contributed by atoms with Crippen molar-refractivity contribution in [1.29, 1.82) is 0 Å². The molecule has 0 radical (unpaired) electrons. The second-order valence-electron chi connectivity index (χ2n) is 1.89. The fourth-order valence-electron chi connectivity index (χ4n) is 0.636. The van der Waals surface area contributed by atoms with Crippen molar-refractivity contribution in [2.75, 3.05) is 0 Å². The van der Waals surface area contributed by atoms with Crippen LogP contribution in [0.5, 0.6) is 0 Å². The standard InChI is InChI=1S/C8H7N2.W/c1-3-4-8(2)10-6-5-9-7-10;/h1-7H;/q-1;/b4-3-;. The van der Waals surface area contributed by atoms with E-state index >= 15 is 0 Å². The average Bonchev–Trinajstić information content (AvgIpc) is 2.52. The monoisotopic (exact) mass is 315 g/mol. The summed E-state index contributed by atoms with van der Waals surface area (Å²) in [5.41, 5.74) is 0.681. The predicted octanol–water partition coefficient (Wildman–Crippen LogP) is 1.06. The third kappa shape index (κ3) is 2.39. The van der Waals surface area contributed by atoms with E-state index in [-0.39, 0.29) is 0 Å². The van der Waals surface area contributed by atoms with Gasteiger partial charge in [0.2, 0.25) is 0 Å². The molecule has 0 aliphatic heterocycles. The van der Waals surface area contributed by atoms with Crippen LogP contribution in [-0.4, -0.2) is 14.0 Å². The minimum absolute atomic E-state index is 0.681. The van der Waals surface area contributed by atoms with Crippen LogP contribution in [0.2, 0.25) is 0 Å². The molecule has 0 N–H and O–H groups in total. The summed E-state index contributed by atoms with van der Waals surface area (Å²) in [6, 6.07) is 0. The van der Waals surface area contributed by atoms with Gasteiger partial charge >= 0.3 is 76.5 Å². The Bertz CT molecular complexity index is 272. The third-order valence-electron chi connectivity index (χ3n) is 1.15. The Balaban J connectivity index is 2.71. The Labute approximate surface area is 76.7 Å². The van der Waals surface area contributed by atoms with Crippen molar-refractivity contribution in [2.45, 2.75) is 0 Å². The Morgan fingerprint density at radius 3 is 3.00 bits per heavy atom. The van der Waals surface area contributed by atoms with Crippen molar-refractivity contribution < 1.29 is 19.4 Å². The molecule has 0 atom stereocenters. The molecule has 0 saturated carbocycles. The quantitative estimate of drug-likeness (QED) is 0.603. The molecule has 0 aliphatic rings. The van der Waals surface area contributed by atoms with E-state index in [1.54, 1.807) is 17.1 Å². The fraction of sp³-hybridized carbons (Fsp3) is 0. The number of allylic oxidation sites excluding steroid dienone is 3. The van der Waals surface area contributed by atoms with Gasteiger partial charge in [-0.3, -0.25) is 0 Å². The topological polar surface area (TPSA) is 17.8 Å². The molecule has 1 aromatic heterocycles. The Morgan fingerprint density at radius 2 is 2.45 bits per heavy atom. The normalized spacial score (nSPS) is 10.2. The molecule has 1 rings (SSSR count). The Hall–Kier alpha value is -0.752. The fourth-order valence-corrected chi connectivity index (χ4v) is 0.918. The molecule has 0 saturated heterocycles. The zero-order chi connectivity index (χ0) is 8.10. The van der Waals surface area contributed by atoms with Crippen LogP contribution < -0.4 is 0 Å². The van der Waals surface area contributed by atoms with E-state index in [1.807, 2.05) is 22.7 Å². The molecule has 1 aromatic rings. The van der Waals surface area contributed by atoms with E-state index < -0.39 is 0 Å². The first-order valence-electron chi connectivity index (χ1n) is 3.07. The zero-order valence-corrected chi connectivity index (χ0v) is 8.78. The molecule has 1 heterocycles. The SMILES string of the molecule is [CH-]=C(/C=C\[CH]=[W])n1ccnc1. The van der Waals surface area contributed by atoms with Gasteiger partial charge in [-0.1, -0.05) is 0 Å². The number of rotatable bonds is 3. The molecular weight excluding hydrogens is 308 g/mol. The van der Waals surface area contributed by atoms with Crippen molar-refractivity contribution in [3.8, 4) is 0 Å². The zero-order valence-electron chi connectivity index (χ0n) is 5.84. The van der Waals surface area contributed by atoms with Crippen LogP contribution in [0, 0.1) is 6.58 Å². The summed E-state index contributed by atoms with van der Waals surface area (Å²) >= 11 is 1.41. The second kappa shape index (κ2) is 4.19. The van der Waals surface area contributed by atoms with Gasteiger partial charge < -0.3 is 0 Å². The van der Waals surface area contributed by atoms with E-state index in [9.17, 15) is 0 Å². The maximum absolute atomic E-state index is 5.67. The van der Waals surface area contributed by atoms with Gasteiger partial charge in [0, 0.05) is 0 Å². The van der Waals surface area contributed by atoms with Crippen LogP contribution in [0.25, 0.3) is 5.70 Å². The Morgan fingerprint density at radius 1 is 1.64 bits per heavy atom. The van der Waals surface area contributed by atoms with E-state index in [1.165, 1.54) is 19.4 Å². The van der Waals surface area contributed by atoms with E-state index in [0.29, 0.717) is 5.70 Å². The first-order valence-corrected chi connectivity index (χ1v) is 4.76. The molecule has 11 heavy (non-hydrogen) atoms. The molecule has 0 unspecified atom stereocenters. The third-order valence-corrected chi connectivity index (χ3v) is 1.71. The summed E-state index contributed by atoms with van der Waals surface area (Å²) in [4.78, 5) is 3.87. The van der Waals surface area contributed by atoms with Crippen LogP contribution in [0.15, 0.2) is 30.9 Å². The summed E-state index contributed by atoms with van der Waals surface area (Å²) in [7, 11) is 0. The predicted molar refractivity (Wildman–Crippen MR) is 41.4 cm³/mol. The van der Waals surface area contributed by atoms with Crippen molar-refractivity contribution in [3.05, 3.63) is 37.5 Å². The van der Waals surface area contributed by atoms with Crippen LogP contribution in [0.3, 0.4) is 0 Å². The molecule has 3 heteroatoms. The van der Waals surface area contributed by atoms with Gasteiger partial charge in [0.15, 0.2) is 0 Å². The van der Waals surface area contributed by atoms with Gasteiger partial charge in [-0.25, -0.2) is 0 Å². The molecule has 0 fully saturated rings. The van der Waals surface area contributed by atoms with Gasteiger partial charge in [-0.2, -0.15) is 0 Å². The molecule has 56 valence electrons. The number of nitrogens with zero attached hydrogens (tertiary/aromatic N) is 2. The van der Waals surface area contributed by atoms with E-state index in [0.717, 1.165) is 0 Å². The number of aromatic nitrogens is 2. The van der Waals surface area contributed by atoms with Gasteiger partial charge in [-0.15, -0.1) is 0 Å². The van der Waals surface area contributed by atoms with Gasteiger partial charge in [-0.05, 0) is 0 Å². The van der Waals surface area contributed by atoms with Crippen LogP contribution in [-0.2, 0) is 19.4 Å². The summed E-state index contributed by atoms with van der Waals surface area (Å²) in [5.74, 6) is 0. The van der Waals surface area contributed by atoms with Crippen LogP contribution in [0.1, 0.15) is 0 Å². The van der Waals surface area contributed by atoms with Crippen molar-refractivity contribution in [2.24, 2.45) is 0 Å². The first-order chi connectivity index (χ1) is 5.34. The maximum atomic E-state index is 5.67. The molecular formula is C8H7N2W-. The molecule has 0 bridgehead atoms. The summed E-state index contributed by atoms with van der Waals surface area (Å²) in [6.45, 7) is 5.67. The van der Waals surface area contributed by atoms with Gasteiger partial charge in [0.1, 0.15) is 0 Å². The second-order valence-corrected chi connectivity index (χ2v) is 2.87. The number of imidazole rings is 1. The number of hydrogen-bond donors (Lipinski definition) is 0. The first kappa shape index (κ1) is 8.35. The molecule has 0 aromatic carbocycles. The Kier molecular flexibility index (Phi) is 3.18. The summed E-state index contributed by atoms with van der Waals surface area (Å²) in [6.07, 6.45) is 8.94. The molecule has 0 aliphatic carbocycles. The average molecular weight is 315 g/mol. The van der Waals surface area contributed by atoms with Crippen LogP contribution in [0.4, 0.5) is 0 Å². The number of hydrogen-bond acceptors (Lipinski definition) is 1. The van der Waals surface area contributed by atoms with E-state index in [2.05, 4.69) is 4.98 Å². The summed E-state index contributed by atoms with van der Waals surface area (Å²) in [5, 5.41) is 0. The van der Waals surface area contributed by atoms with Gasteiger partial charge in [0.25, 0.3) is 0 Å². The molecule has 0 spiro atoms. The van der Waals surface area contributed by atoms with Crippen molar-refractivity contribution >= 4 is 10.1 Å². The van der Waals surface area contributed by atoms with Crippen molar-refractivity contribution in [1.82, 2.24) is 9.55 Å². The van der Waals surface area contributed by atoms with Crippen LogP contribution >= 0.6 is 0 Å².